The van der Waals surface area contributed by atoms with Gasteiger partial charge in [-0.2, -0.15) is 0 Å². The fourth-order valence-corrected chi connectivity index (χ4v) is 1.93. The molecule has 1 heterocycles. The van der Waals surface area contributed by atoms with Gasteiger partial charge in [0, 0.05) is 32.2 Å². The minimum Gasteiger partial charge on any atom is -0.304 e. The van der Waals surface area contributed by atoms with E-state index < -0.39 is 0 Å². The van der Waals surface area contributed by atoms with Gasteiger partial charge in [0.25, 0.3) is 0 Å². The van der Waals surface area contributed by atoms with E-state index >= 15 is 0 Å². The lowest BCUT2D eigenvalue weighted by atomic mass is 10.2. The Kier molecular flexibility index (Phi) is 2.86. The minimum absolute atomic E-state index is 0.698. The maximum atomic E-state index is 3.61. The standard InChI is InChI=1S/C10H21N3/c1-9(10-3-4-10)11-13-7-5-12(2)6-8-13/h9-11H,3-8H2,1-2H3. The van der Waals surface area contributed by atoms with Crippen LogP contribution in [0.4, 0.5) is 0 Å². The molecule has 1 N–H and O–H groups in total. The van der Waals surface area contributed by atoms with E-state index in [-0.39, 0.29) is 0 Å². The second-order valence-electron chi connectivity index (χ2n) is 4.55. The number of hydrazine groups is 1. The third-order valence-corrected chi connectivity index (χ3v) is 3.22. The Balaban J connectivity index is 1.69. The molecule has 2 fully saturated rings. The maximum absolute atomic E-state index is 3.61. The third-order valence-electron chi connectivity index (χ3n) is 3.22. The summed E-state index contributed by atoms with van der Waals surface area (Å²) < 4.78 is 0. The van der Waals surface area contributed by atoms with Crippen LogP contribution in [0.3, 0.4) is 0 Å². The average Bonchev–Trinajstić information content (AvgIpc) is 2.91. The third kappa shape index (κ3) is 2.66. The van der Waals surface area contributed by atoms with E-state index in [1.807, 2.05) is 0 Å². The molecule has 2 rings (SSSR count). The predicted octanol–water partition coefficient (Wildman–Crippen LogP) is 0.537. The molecule has 0 spiro atoms. The summed E-state index contributed by atoms with van der Waals surface area (Å²) in [6.07, 6.45) is 2.86. The van der Waals surface area contributed by atoms with Crippen molar-refractivity contribution in [2.45, 2.75) is 25.8 Å². The molecule has 2 aliphatic rings. The van der Waals surface area contributed by atoms with Crippen molar-refractivity contribution in [1.29, 1.82) is 0 Å². The second-order valence-corrected chi connectivity index (χ2v) is 4.55. The number of piperazine rings is 1. The molecule has 1 saturated carbocycles. The number of nitrogens with zero attached hydrogens (tertiary/aromatic N) is 2. The average molecular weight is 183 g/mol. The van der Waals surface area contributed by atoms with Crippen LogP contribution in [0.25, 0.3) is 0 Å². The topological polar surface area (TPSA) is 18.5 Å². The van der Waals surface area contributed by atoms with Crippen molar-refractivity contribution in [2.24, 2.45) is 5.92 Å². The Hall–Kier alpha value is -0.120. The van der Waals surface area contributed by atoms with Crippen molar-refractivity contribution < 1.29 is 0 Å². The molecule has 0 aromatic heterocycles. The lowest BCUT2D eigenvalue weighted by Gasteiger charge is -2.34. The van der Waals surface area contributed by atoms with Gasteiger partial charge in [0.1, 0.15) is 0 Å². The van der Waals surface area contributed by atoms with Crippen LogP contribution in [0.5, 0.6) is 0 Å². The first kappa shape index (κ1) is 9.44. The summed E-state index contributed by atoms with van der Waals surface area (Å²) in [6.45, 7) is 7.06. The largest absolute Gasteiger partial charge is 0.304 e. The van der Waals surface area contributed by atoms with Gasteiger partial charge in [0.15, 0.2) is 0 Å². The molecule has 0 amide bonds. The van der Waals surface area contributed by atoms with Crippen molar-refractivity contribution in [3.8, 4) is 0 Å². The lowest BCUT2D eigenvalue weighted by Crippen LogP contribution is -2.53. The summed E-state index contributed by atoms with van der Waals surface area (Å²) in [7, 11) is 2.20. The molecule has 3 heteroatoms. The minimum atomic E-state index is 0.698. The zero-order chi connectivity index (χ0) is 9.26. The summed E-state index contributed by atoms with van der Waals surface area (Å²) in [4.78, 5) is 2.39. The molecule has 1 aliphatic carbocycles. The van der Waals surface area contributed by atoms with Crippen LogP contribution in [0.2, 0.25) is 0 Å². The van der Waals surface area contributed by atoms with Gasteiger partial charge in [-0.1, -0.05) is 0 Å². The van der Waals surface area contributed by atoms with E-state index in [1.54, 1.807) is 0 Å². The van der Waals surface area contributed by atoms with Crippen LogP contribution in [0, 0.1) is 5.92 Å². The Morgan fingerprint density at radius 2 is 1.77 bits per heavy atom. The fourth-order valence-electron chi connectivity index (χ4n) is 1.93. The van der Waals surface area contributed by atoms with Crippen molar-refractivity contribution in [3.63, 3.8) is 0 Å². The number of hydrogen-bond acceptors (Lipinski definition) is 3. The van der Waals surface area contributed by atoms with Crippen LogP contribution in [0.15, 0.2) is 0 Å². The van der Waals surface area contributed by atoms with Crippen LogP contribution >= 0.6 is 0 Å². The summed E-state index contributed by atoms with van der Waals surface area (Å²) in [5, 5.41) is 2.39. The van der Waals surface area contributed by atoms with E-state index in [0.29, 0.717) is 6.04 Å². The van der Waals surface area contributed by atoms with E-state index in [4.69, 9.17) is 0 Å². The fraction of sp³-hybridized carbons (Fsp3) is 1.00. The molecule has 0 bridgehead atoms. The van der Waals surface area contributed by atoms with Gasteiger partial charge < -0.3 is 4.90 Å². The molecular formula is C10H21N3. The first-order valence-corrected chi connectivity index (χ1v) is 5.45. The van der Waals surface area contributed by atoms with Gasteiger partial charge in [-0.25, -0.2) is 5.01 Å². The van der Waals surface area contributed by atoms with Crippen LogP contribution in [0.1, 0.15) is 19.8 Å². The summed E-state index contributed by atoms with van der Waals surface area (Å²) in [5.74, 6) is 0.958. The highest BCUT2D eigenvalue weighted by Gasteiger charge is 2.29. The molecule has 1 atom stereocenters. The van der Waals surface area contributed by atoms with E-state index in [1.165, 1.54) is 39.0 Å². The van der Waals surface area contributed by atoms with Gasteiger partial charge >= 0.3 is 0 Å². The summed E-state index contributed by atoms with van der Waals surface area (Å²) in [5.41, 5.74) is 3.61. The Labute approximate surface area is 81.1 Å². The zero-order valence-corrected chi connectivity index (χ0v) is 8.79. The molecule has 0 aromatic carbocycles. The van der Waals surface area contributed by atoms with Crippen LogP contribution in [-0.2, 0) is 0 Å². The Bertz CT molecular complexity index is 160. The molecule has 1 saturated heterocycles. The highest BCUT2D eigenvalue weighted by Crippen LogP contribution is 2.32. The van der Waals surface area contributed by atoms with Crippen molar-refractivity contribution in [3.05, 3.63) is 0 Å². The van der Waals surface area contributed by atoms with Gasteiger partial charge in [-0.3, -0.25) is 5.43 Å². The normalized spacial score (nSPS) is 29.1. The number of nitrogens with one attached hydrogen (secondary N) is 1. The predicted molar refractivity (Wildman–Crippen MR) is 54.4 cm³/mol. The first-order valence-electron chi connectivity index (χ1n) is 5.45. The second kappa shape index (κ2) is 3.95. The van der Waals surface area contributed by atoms with Crippen LogP contribution < -0.4 is 5.43 Å². The maximum Gasteiger partial charge on any atom is 0.0259 e. The lowest BCUT2D eigenvalue weighted by molar-refractivity contribution is 0.0858. The highest BCUT2D eigenvalue weighted by atomic mass is 15.5. The number of hydrogen-bond donors (Lipinski definition) is 1. The molecular weight excluding hydrogens is 162 g/mol. The molecule has 3 nitrogen and oxygen atoms in total. The smallest absolute Gasteiger partial charge is 0.0259 e. The quantitative estimate of drug-likeness (QED) is 0.689. The molecule has 0 radical (unpaired) electrons. The van der Waals surface area contributed by atoms with Gasteiger partial charge in [-0.15, -0.1) is 0 Å². The van der Waals surface area contributed by atoms with E-state index in [9.17, 15) is 0 Å². The zero-order valence-electron chi connectivity index (χ0n) is 8.79. The summed E-state index contributed by atoms with van der Waals surface area (Å²) in [6, 6.07) is 0.698. The number of likely N-dealkylation sites (N-methyl/N-ethyl adjacent to an activating group) is 1. The SMILES string of the molecule is CC(NN1CCN(C)CC1)C1CC1. The molecule has 76 valence electrons. The molecule has 1 unspecified atom stereocenters. The van der Waals surface area contributed by atoms with Crippen molar-refractivity contribution in [2.75, 3.05) is 33.2 Å². The van der Waals surface area contributed by atoms with Crippen molar-refractivity contribution in [1.82, 2.24) is 15.3 Å². The van der Waals surface area contributed by atoms with Crippen LogP contribution in [-0.4, -0.2) is 49.2 Å². The monoisotopic (exact) mass is 183 g/mol. The number of rotatable bonds is 3. The molecule has 0 aromatic rings. The van der Waals surface area contributed by atoms with Gasteiger partial charge in [0.05, 0.1) is 0 Å². The van der Waals surface area contributed by atoms with Gasteiger partial charge in [-0.05, 0) is 32.7 Å². The molecule has 13 heavy (non-hydrogen) atoms. The first-order chi connectivity index (χ1) is 6.25. The van der Waals surface area contributed by atoms with E-state index in [0.717, 1.165) is 5.92 Å². The highest BCUT2D eigenvalue weighted by molar-refractivity contribution is 4.83. The molecule has 1 aliphatic heterocycles. The summed E-state index contributed by atoms with van der Waals surface area (Å²) >= 11 is 0. The van der Waals surface area contributed by atoms with Gasteiger partial charge in [0.2, 0.25) is 0 Å². The Morgan fingerprint density at radius 1 is 1.15 bits per heavy atom. The Morgan fingerprint density at radius 3 is 2.31 bits per heavy atom. The van der Waals surface area contributed by atoms with E-state index in [2.05, 4.69) is 29.3 Å². The van der Waals surface area contributed by atoms with Crippen molar-refractivity contribution >= 4 is 0 Å².